The van der Waals surface area contributed by atoms with Crippen molar-refractivity contribution in [2.45, 2.75) is 43.7 Å². The van der Waals surface area contributed by atoms with Gasteiger partial charge in [0.2, 0.25) is 0 Å². The lowest BCUT2D eigenvalue weighted by Crippen LogP contribution is -2.39. The average Bonchev–Trinajstić information content (AvgIpc) is 3.15. The highest BCUT2D eigenvalue weighted by molar-refractivity contribution is 5.60. The van der Waals surface area contributed by atoms with Gasteiger partial charge in [0.25, 0.3) is 0 Å². The summed E-state index contributed by atoms with van der Waals surface area (Å²) < 4.78 is 0. The second kappa shape index (κ2) is 5.19. The molecule has 0 aromatic heterocycles. The first-order valence-electron chi connectivity index (χ1n) is 8.99. The van der Waals surface area contributed by atoms with Crippen LogP contribution in [0.2, 0.25) is 0 Å². The first-order valence-corrected chi connectivity index (χ1v) is 8.99. The van der Waals surface area contributed by atoms with Gasteiger partial charge in [-0.2, -0.15) is 0 Å². The predicted molar refractivity (Wildman–Crippen MR) is 93.7 cm³/mol. The van der Waals surface area contributed by atoms with Crippen molar-refractivity contribution in [3.05, 3.63) is 70.3 Å². The van der Waals surface area contributed by atoms with Gasteiger partial charge in [-0.25, -0.2) is 0 Å². The Hall–Kier alpha value is -1.64. The highest BCUT2D eigenvalue weighted by atomic mass is 15.1. The molecule has 0 amide bonds. The van der Waals surface area contributed by atoms with E-state index in [1.807, 2.05) is 0 Å². The first kappa shape index (κ1) is 13.8. The van der Waals surface area contributed by atoms with Crippen molar-refractivity contribution < 1.29 is 0 Å². The summed E-state index contributed by atoms with van der Waals surface area (Å²) in [6, 6.07) is 16.5. The van der Waals surface area contributed by atoms with E-state index in [1.165, 1.54) is 6.42 Å². The van der Waals surface area contributed by atoms with E-state index in [4.69, 9.17) is 5.73 Å². The summed E-state index contributed by atoms with van der Waals surface area (Å²) >= 11 is 0. The predicted octanol–water partition coefficient (Wildman–Crippen LogP) is 3.59. The van der Waals surface area contributed by atoms with Crippen LogP contribution in [0.15, 0.2) is 42.5 Å². The van der Waals surface area contributed by atoms with E-state index in [0.29, 0.717) is 17.9 Å². The van der Waals surface area contributed by atoms with Crippen molar-refractivity contribution in [1.82, 2.24) is 4.90 Å². The SMILES string of the molecule is NC1CCN(Cc2cccc3c2C2CC3c3ccccc32)CC1. The number of nitrogens with zero attached hydrogens (tertiary/aromatic N) is 1. The van der Waals surface area contributed by atoms with Crippen molar-refractivity contribution >= 4 is 0 Å². The van der Waals surface area contributed by atoms with Gasteiger partial charge < -0.3 is 5.73 Å². The minimum absolute atomic E-state index is 0.413. The van der Waals surface area contributed by atoms with E-state index in [9.17, 15) is 0 Å². The molecular weight excluding hydrogens is 280 g/mol. The van der Waals surface area contributed by atoms with E-state index in [2.05, 4.69) is 47.4 Å². The Morgan fingerprint density at radius 1 is 0.870 bits per heavy atom. The van der Waals surface area contributed by atoms with Crippen LogP contribution in [0.4, 0.5) is 0 Å². The maximum Gasteiger partial charge on any atom is 0.0236 e. The fraction of sp³-hybridized carbons (Fsp3) is 0.429. The second-order valence-electron chi connectivity index (χ2n) is 7.50. The van der Waals surface area contributed by atoms with Gasteiger partial charge in [-0.15, -0.1) is 0 Å². The quantitative estimate of drug-likeness (QED) is 0.918. The minimum atomic E-state index is 0.413. The molecule has 1 saturated heterocycles. The lowest BCUT2D eigenvalue weighted by molar-refractivity contribution is 0.205. The van der Waals surface area contributed by atoms with E-state index in [1.54, 1.807) is 27.8 Å². The van der Waals surface area contributed by atoms with Gasteiger partial charge in [0, 0.05) is 24.4 Å². The van der Waals surface area contributed by atoms with E-state index in [-0.39, 0.29) is 0 Å². The molecule has 3 aliphatic rings. The molecule has 0 radical (unpaired) electrons. The highest BCUT2D eigenvalue weighted by Crippen LogP contribution is 2.57. The van der Waals surface area contributed by atoms with Gasteiger partial charge in [0.1, 0.15) is 0 Å². The summed E-state index contributed by atoms with van der Waals surface area (Å²) in [6.45, 7) is 3.40. The highest BCUT2D eigenvalue weighted by Gasteiger charge is 2.42. The van der Waals surface area contributed by atoms with Gasteiger partial charge in [-0.05, 0) is 60.2 Å². The van der Waals surface area contributed by atoms with Crippen LogP contribution in [-0.2, 0) is 6.54 Å². The van der Waals surface area contributed by atoms with E-state index < -0.39 is 0 Å². The first-order chi connectivity index (χ1) is 11.3. The number of fused-ring (bicyclic) bond motifs is 8. The molecule has 5 rings (SSSR count). The minimum Gasteiger partial charge on any atom is -0.328 e. The molecular formula is C21H24N2. The smallest absolute Gasteiger partial charge is 0.0236 e. The number of piperidine rings is 1. The van der Waals surface area contributed by atoms with Gasteiger partial charge >= 0.3 is 0 Å². The van der Waals surface area contributed by atoms with Gasteiger partial charge in [-0.3, -0.25) is 4.90 Å². The molecule has 1 heterocycles. The number of hydrogen-bond donors (Lipinski definition) is 1. The molecule has 1 fully saturated rings. The Morgan fingerprint density at radius 3 is 2.35 bits per heavy atom. The third kappa shape index (κ3) is 2.09. The number of hydrogen-bond acceptors (Lipinski definition) is 2. The van der Waals surface area contributed by atoms with Crippen molar-refractivity contribution in [2.75, 3.05) is 13.1 Å². The molecule has 2 N–H and O–H groups in total. The lowest BCUT2D eigenvalue weighted by Gasteiger charge is -2.31. The normalized spacial score (nSPS) is 26.3. The molecule has 23 heavy (non-hydrogen) atoms. The van der Waals surface area contributed by atoms with Crippen LogP contribution in [0.1, 0.15) is 58.9 Å². The number of rotatable bonds is 2. The maximum atomic E-state index is 6.06. The summed E-state index contributed by atoms with van der Waals surface area (Å²) in [7, 11) is 0. The Morgan fingerprint density at radius 2 is 1.57 bits per heavy atom. The fourth-order valence-corrected chi connectivity index (χ4v) is 5.05. The van der Waals surface area contributed by atoms with Crippen molar-refractivity contribution in [1.29, 1.82) is 0 Å². The zero-order valence-corrected chi connectivity index (χ0v) is 13.5. The van der Waals surface area contributed by atoms with Crippen molar-refractivity contribution in [3.8, 4) is 0 Å². The molecule has 2 heteroatoms. The third-order valence-corrected chi connectivity index (χ3v) is 6.20. The van der Waals surface area contributed by atoms with Crippen LogP contribution in [0.3, 0.4) is 0 Å². The summed E-state index contributed by atoms with van der Waals surface area (Å²) in [5.74, 6) is 1.27. The molecule has 2 atom stereocenters. The van der Waals surface area contributed by atoms with Crippen LogP contribution in [0.25, 0.3) is 0 Å². The molecule has 2 nitrogen and oxygen atoms in total. The largest absolute Gasteiger partial charge is 0.328 e. The van der Waals surface area contributed by atoms with Gasteiger partial charge in [0.05, 0.1) is 0 Å². The van der Waals surface area contributed by atoms with E-state index >= 15 is 0 Å². The Balaban J connectivity index is 1.49. The molecule has 0 spiro atoms. The zero-order valence-electron chi connectivity index (χ0n) is 13.5. The molecule has 0 saturated carbocycles. The third-order valence-electron chi connectivity index (χ3n) is 6.20. The fourth-order valence-electron chi connectivity index (χ4n) is 5.05. The summed E-state index contributed by atoms with van der Waals surface area (Å²) in [5.41, 5.74) is 14.0. The molecule has 2 aliphatic carbocycles. The maximum absolute atomic E-state index is 6.06. The van der Waals surface area contributed by atoms with Crippen LogP contribution in [-0.4, -0.2) is 24.0 Å². The van der Waals surface area contributed by atoms with Gasteiger partial charge in [-0.1, -0.05) is 42.5 Å². The number of benzene rings is 2. The van der Waals surface area contributed by atoms with Crippen LogP contribution in [0, 0.1) is 0 Å². The Bertz CT molecular complexity index is 743. The van der Waals surface area contributed by atoms with E-state index in [0.717, 1.165) is 32.5 Å². The molecule has 2 aromatic carbocycles. The summed E-state index contributed by atoms with van der Waals surface area (Å²) in [4.78, 5) is 2.59. The molecule has 2 unspecified atom stereocenters. The standard InChI is InChI=1S/C21H24N2/c22-15-8-10-23(11-9-15)13-14-4-3-7-18-19-12-20(21(14)18)17-6-2-1-5-16(17)19/h1-7,15,19-20H,8-13,22H2. The monoisotopic (exact) mass is 304 g/mol. The molecule has 2 aromatic rings. The van der Waals surface area contributed by atoms with Crippen molar-refractivity contribution in [2.24, 2.45) is 5.73 Å². The van der Waals surface area contributed by atoms with Gasteiger partial charge in [0.15, 0.2) is 0 Å². The Labute approximate surface area is 138 Å². The van der Waals surface area contributed by atoms with Crippen molar-refractivity contribution in [3.63, 3.8) is 0 Å². The summed E-state index contributed by atoms with van der Waals surface area (Å²) in [5, 5.41) is 0. The van der Waals surface area contributed by atoms with Crippen LogP contribution >= 0.6 is 0 Å². The molecule has 118 valence electrons. The zero-order chi connectivity index (χ0) is 15.4. The second-order valence-corrected chi connectivity index (χ2v) is 7.50. The topological polar surface area (TPSA) is 29.3 Å². The molecule has 1 aliphatic heterocycles. The number of likely N-dealkylation sites (tertiary alicyclic amines) is 1. The van der Waals surface area contributed by atoms with Crippen LogP contribution in [0.5, 0.6) is 0 Å². The summed E-state index contributed by atoms with van der Waals surface area (Å²) in [6.07, 6.45) is 3.57. The number of nitrogens with two attached hydrogens (primary N) is 1. The van der Waals surface area contributed by atoms with Crippen LogP contribution < -0.4 is 5.73 Å². The average molecular weight is 304 g/mol. The Kier molecular flexibility index (Phi) is 3.10. The molecule has 2 bridgehead atoms. The lowest BCUT2D eigenvalue weighted by atomic mass is 9.83.